The molecule has 0 unspecified atom stereocenters. The van der Waals surface area contributed by atoms with Crippen LogP contribution in [-0.2, 0) is 0 Å². The molecule has 10 rings (SSSR count). The van der Waals surface area contributed by atoms with Gasteiger partial charge in [0.2, 0.25) is 0 Å². The fourth-order valence-corrected chi connectivity index (χ4v) is 8.63. The van der Waals surface area contributed by atoms with E-state index in [-0.39, 0.29) is 0 Å². The zero-order valence-electron chi connectivity index (χ0n) is 25.1. The molecule has 0 aliphatic carbocycles. The molecule has 47 heavy (non-hydrogen) atoms. The number of hydrogen-bond donors (Lipinski definition) is 0. The normalized spacial score (nSPS) is 11.8. The van der Waals surface area contributed by atoms with Gasteiger partial charge in [0.1, 0.15) is 0 Å². The van der Waals surface area contributed by atoms with E-state index in [4.69, 9.17) is 0 Å². The quantitative estimate of drug-likeness (QED) is 0.198. The molecule has 0 saturated carbocycles. The topological polar surface area (TPSA) is 46.5 Å². The predicted octanol–water partition coefficient (Wildman–Crippen LogP) is 11.2. The van der Waals surface area contributed by atoms with Crippen LogP contribution in [0.5, 0.6) is 0 Å². The number of nitrogens with zero attached hydrogens (tertiary/aromatic N) is 4. The van der Waals surface area contributed by atoms with Gasteiger partial charge >= 0.3 is 0 Å². The highest BCUT2D eigenvalue weighted by Crippen LogP contribution is 2.43. The maximum atomic E-state index is 10.2. The average molecular weight is 617 g/mol. The van der Waals surface area contributed by atoms with E-state index in [1.807, 2.05) is 35.9 Å². The molecule has 0 bridgehead atoms. The number of aromatic nitrogens is 3. The second-order valence-electron chi connectivity index (χ2n) is 12.0. The lowest BCUT2D eigenvalue weighted by Crippen LogP contribution is -1.97. The van der Waals surface area contributed by atoms with Gasteiger partial charge in [0, 0.05) is 54.6 Å². The molecule has 0 fully saturated rings. The molecule has 218 valence electrons. The van der Waals surface area contributed by atoms with Crippen molar-refractivity contribution in [3.8, 4) is 28.6 Å². The van der Waals surface area contributed by atoms with Crippen molar-refractivity contribution in [2.45, 2.75) is 0 Å². The summed E-state index contributed by atoms with van der Waals surface area (Å²) in [5.74, 6) is 0. The third kappa shape index (κ3) is 3.77. The SMILES string of the molecule is N#Cc1cc(-c2cccc(-n3c4cnccc4c4ccc5c6ccccc6sc5c43)c2)cc(-n2c3ccccc3c3ccccc32)c1. The van der Waals surface area contributed by atoms with Crippen molar-refractivity contribution in [2.24, 2.45) is 0 Å². The first-order valence-corrected chi connectivity index (χ1v) is 16.4. The number of hydrogen-bond acceptors (Lipinski definition) is 3. The summed E-state index contributed by atoms with van der Waals surface area (Å²) in [6.07, 6.45) is 3.85. The summed E-state index contributed by atoms with van der Waals surface area (Å²) in [5, 5.41) is 17.5. The van der Waals surface area contributed by atoms with E-state index in [1.54, 1.807) is 0 Å². The van der Waals surface area contributed by atoms with Gasteiger partial charge in [0.15, 0.2) is 0 Å². The third-order valence-electron chi connectivity index (χ3n) is 9.40. The molecule has 0 aliphatic heterocycles. The predicted molar refractivity (Wildman–Crippen MR) is 196 cm³/mol. The zero-order valence-corrected chi connectivity index (χ0v) is 25.9. The van der Waals surface area contributed by atoms with Crippen LogP contribution in [0.3, 0.4) is 0 Å². The minimum atomic E-state index is 0.623. The van der Waals surface area contributed by atoms with Crippen molar-refractivity contribution in [1.82, 2.24) is 14.1 Å². The van der Waals surface area contributed by atoms with Crippen LogP contribution in [0.4, 0.5) is 0 Å². The lowest BCUT2D eigenvalue weighted by molar-refractivity contribution is 1.17. The van der Waals surface area contributed by atoms with E-state index >= 15 is 0 Å². The first-order chi connectivity index (χ1) is 23.3. The van der Waals surface area contributed by atoms with Gasteiger partial charge in [-0.15, -0.1) is 11.3 Å². The van der Waals surface area contributed by atoms with Gasteiger partial charge < -0.3 is 9.13 Å². The Balaban J connectivity index is 1.22. The van der Waals surface area contributed by atoms with Gasteiger partial charge in [-0.2, -0.15) is 5.26 Å². The van der Waals surface area contributed by atoms with Gasteiger partial charge in [0.25, 0.3) is 0 Å². The van der Waals surface area contributed by atoms with Crippen molar-refractivity contribution in [2.75, 3.05) is 0 Å². The molecule has 0 N–H and O–H groups in total. The maximum Gasteiger partial charge on any atom is 0.0992 e. The largest absolute Gasteiger partial charge is 0.309 e. The highest BCUT2D eigenvalue weighted by atomic mass is 32.1. The summed E-state index contributed by atoms with van der Waals surface area (Å²) in [5.41, 5.74) is 9.19. The molecule has 6 aromatic carbocycles. The standard InChI is InChI=1S/C42H24N4S/c43-24-26-20-28(23-30(21-26)45-37-13-4-1-10-31(37)32-11-2-5-14-38(32)45)27-8-7-9-29(22-27)46-39-25-44-19-18-33(39)35-16-17-36-34-12-3-6-15-40(34)47-42(36)41(35)46/h1-23,25H. The van der Waals surface area contributed by atoms with Crippen LogP contribution in [0.1, 0.15) is 5.56 Å². The Labute approximate surface area is 273 Å². The first kappa shape index (κ1) is 26.0. The summed E-state index contributed by atoms with van der Waals surface area (Å²) in [6, 6.07) is 49.5. The van der Waals surface area contributed by atoms with E-state index in [0.29, 0.717) is 5.56 Å². The molecule has 10 aromatic rings. The number of thiophene rings is 1. The van der Waals surface area contributed by atoms with Crippen LogP contribution in [0.2, 0.25) is 0 Å². The minimum absolute atomic E-state index is 0.623. The highest BCUT2D eigenvalue weighted by molar-refractivity contribution is 7.26. The van der Waals surface area contributed by atoms with Gasteiger partial charge in [-0.25, -0.2) is 0 Å². The van der Waals surface area contributed by atoms with Gasteiger partial charge in [-0.05, 0) is 65.7 Å². The van der Waals surface area contributed by atoms with E-state index in [1.165, 1.54) is 47.2 Å². The number of para-hydroxylation sites is 2. The second-order valence-corrected chi connectivity index (χ2v) is 13.0. The van der Waals surface area contributed by atoms with Crippen LogP contribution in [0.25, 0.3) is 86.3 Å². The Kier molecular flexibility index (Phi) is 5.48. The second kappa shape index (κ2) is 9.89. The molecule has 0 spiro atoms. The summed E-state index contributed by atoms with van der Waals surface area (Å²) in [6.45, 7) is 0. The van der Waals surface area contributed by atoms with E-state index in [2.05, 4.69) is 142 Å². The molecular weight excluding hydrogens is 593 g/mol. The fourth-order valence-electron chi connectivity index (χ4n) is 7.39. The van der Waals surface area contributed by atoms with Crippen LogP contribution >= 0.6 is 11.3 Å². The molecule has 4 nitrogen and oxygen atoms in total. The highest BCUT2D eigenvalue weighted by Gasteiger charge is 2.19. The first-order valence-electron chi connectivity index (χ1n) is 15.6. The molecule has 0 radical (unpaired) electrons. The molecule has 0 atom stereocenters. The van der Waals surface area contributed by atoms with E-state index < -0.39 is 0 Å². The Hall–Kier alpha value is -6.22. The van der Waals surface area contributed by atoms with Crippen LogP contribution in [0.15, 0.2) is 146 Å². The van der Waals surface area contributed by atoms with Crippen molar-refractivity contribution >= 4 is 75.1 Å². The summed E-state index contributed by atoms with van der Waals surface area (Å²) in [7, 11) is 0. The van der Waals surface area contributed by atoms with Crippen molar-refractivity contribution in [3.05, 3.63) is 151 Å². The Bertz CT molecular complexity index is 2880. The molecule has 4 heterocycles. The van der Waals surface area contributed by atoms with Gasteiger partial charge in [-0.1, -0.05) is 78.9 Å². The molecule has 4 aromatic heterocycles. The summed E-state index contributed by atoms with van der Waals surface area (Å²) >= 11 is 1.84. The monoisotopic (exact) mass is 616 g/mol. The van der Waals surface area contributed by atoms with Crippen LogP contribution in [-0.4, -0.2) is 14.1 Å². The number of pyridine rings is 1. The van der Waals surface area contributed by atoms with Crippen molar-refractivity contribution in [3.63, 3.8) is 0 Å². The number of benzene rings is 6. The van der Waals surface area contributed by atoms with E-state index in [9.17, 15) is 5.26 Å². The number of fused-ring (bicyclic) bond motifs is 10. The van der Waals surface area contributed by atoms with Crippen LogP contribution < -0.4 is 0 Å². The van der Waals surface area contributed by atoms with E-state index in [0.717, 1.165) is 39.1 Å². The smallest absolute Gasteiger partial charge is 0.0992 e. The average Bonchev–Trinajstić information content (AvgIpc) is 3.79. The molecule has 0 amide bonds. The lowest BCUT2D eigenvalue weighted by Gasteiger charge is -2.13. The summed E-state index contributed by atoms with van der Waals surface area (Å²) in [4.78, 5) is 4.55. The Morgan fingerprint density at radius 1 is 0.532 bits per heavy atom. The van der Waals surface area contributed by atoms with Crippen LogP contribution in [0, 0.1) is 11.3 Å². The van der Waals surface area contributed by atoms with Gasteiger partial charge in [0.05, 0.1) is 44.6 Å². The molecule has 5 heteroatoms. The number of rotatable bonds is 3. The number of nitriles is 1. The maximum absolute atomic E-state index is 10.2. The summed E-state index contributed by atoms with van der Waals surface area (Å²) < 4.78 is 7.19. The zero-order chi connectivity index (χ0) is 31.1. The van der Waals surface area contributed by atoms with Crippen molar-refractivity contribution in [1.29, 1.82) is 5.26 Å². The third-order valence-corrected chi connectivity index (χ3v) is 10.6. The fraction of sp³-hybridized carbons (Fsp3) is 0. The lowest BCUT2D eigenvalue weighted by atomic mass is 10.0. The Morgan fingerprint density at radius 3 is 2.04 bits per heavy atom. The molecule has 0 aliphatic rings. The Morgan fingerprint density at radius 2 is 1.23 bits per heavy atom. The minimum Gasteiger partial charge on any atom is -0.309 e. The van der Waals surface area contributed by atoms with Crippen molar-refractivity contribution < 1.29 is 0 Å². The molecular formula is C42H24N4S. The van der Waals surface area contributed by atoms with Gasteiger partial charge in [-0.3, -0.25) is 4.98 Å². The molecule has 0 saturated heterocycles.